The largest absolute Gasteiger partial charge is 0.399 e. The van der Waals surface area contributed by atoms with E-state index in [2.05, 4.69) is 25.5 Å². The highest BCUT2D eigenvalue weighted by atomic mass is 15.1. The number of benzene rings is 1. The molecule has 2 heterocycles. The standard InChI is InChI=1S/C12H12N6/c13-8-3-4-10-11(6-8)17-12(16-10)14-7-9-2-1-5-15-18-9/h1-6H,7,13H2,(H2,14,16,17). The molecule has 0 radical (unpaired) electrons. The Bertz CT molecular complexity index is 661. The molecule has 1 aromatic carbocycles. The highest BCUT2D eigenvalue weighted by Crippen LogP contribution is 2.17. The molecule has 0 aliphatic heterocycles. The number of aromatic nitrogens is 4. The van der Waals surface area contributed by atoms with Gasteiger partial charge in [-0.2, -0.15) is 10.2 Å². The normalized spacial score (nSPS) is 10.7. The number of hydrogen-bond acceptors (Lipinski definition) is 5. The monoisotopic (exact) mass is 240 g/mol. The number of nitrogens with one attached hydrogen (secondary N) is 2. The van der Waals surface area contributed by atoms with Crippen LogP contribution in [0.3, 0.4) is 0 Å². The fraction of sp³-hybridized carbons (Fsp3) is 0.0833. The topological polar surface area (TPSA) is 92.5 Å². The van der Waals surface area contributed by atoms with E-state index in [0.717, 1.165) is 16.7 Å². The number of fused-ring (bicyclic) bond motifs is 1. The van der Waals surface area contributed by atoms with E-state index < -0.39 is 0 Å². The fourth-order valence-corrected chi connectivity index (χ4v) is 1.71. The van der Waals surface area contributed by atoms with Crippen molar-refractivity contribution >= 4 is 22.7 Å². The van der Waals surface area contributed by atoms with Gasteiger partial charge < -0.3 is 16.0 Å². The minimum Gasteiger partial charge on any atom is -0.399 e. The first-order valence-electron chi connectivity index (χ1n) is 5.57. The van der Waals surface area contributed by atoms with E-state index >= 15 is 0 Å². The summed E-state index contributed by atoms with van der Waals surface area (Å²) in [6.07, 6.45) is 1.65. The number of aromatic amines is 1. The maximum absolute atomic E-state index is 5.71. The Morgan fingerprint density at radius 2 is 2.22 bits per heavy atom. The molecule has 0 fully saturated rings. The zero-order chi connectivity index (χ0) is 12.4. The number of anilines is 2. The van der Waals surface area contributed by atoms with E-state index in [9.17, 15) is 0 Å². The second kappa shape index (κ2) is 4.33. The lowest BCUT2D eigenvalue weighted by molar-refractivity contribution is 0.918. The molecule has 0 atom stereocenters. The van der Waals surface area contributed by atoms with Gasteiger partial charge >= 0.3 is 0 Å². The Labute approximate surface area is 103 Å². The first-order chi connectivity index (χ1) is 8.81. The van der Waals surface area contributed by atoms with Gasteiger partial charge in [-0.15, -0.1) is 0 Å². The molecule has 4 N–H and O–H groups in total. The molecule has 0 unspecified atom stereocenters. The van der Waals surface area contributed by atoms with Crippen LogP contribution in [0.1, 0.15) is 5.69 Å². The summed E-state index contributed by atoms with van der Waals surface area (Å²) in [5.41, 5.74) is 9.08. The molecule has 6 nitrogen and oxygen atoms in total. The van der Waals surface area contributed by atoms with Crippen LogP contribution in [-0.4, -0.2) is 20.2 Å². The van der Waals surface area contributed by atoms with E-state index in [-0.39, 0.29) is 0 Å². The number of hydrogen-bond donors (Lipinski definition) is 3. The van der Waals surface area contributed by atoms with Gasteiger partial charge in [-0.3, -0.25) is 0 Å². The van der Waals surface area contributed by atoms with Crippen LogP contribution in [0.15, 0.2) is 36.5 Å². The molecule has 3 aromatic rings. The molecule has 0 aliphatic carbocycles. The number of nitrogen functional groups attached to an aromatic ring is 1. The number of H-pyrrole nitrogens is 1. The molecule has 3 rings (SSSR count). The summed E-state index contributed by atoms with van der Waals surface area (Å²) in [4.78, 5) is 7.55. The lowest BCUT2D eigenvalue weighted by atomic mass is 10.3. The second-order valence-electron chi connectivity index (χ2n) is 3.93. The van der Waals surface area contributed by atoms with E-state index in [1.54, 1.807) is 6.20 Å². The summed E-state index contributed by atoms with van der Waals surface area (Å²) >= 11 is 0. The van der Waals surface area contributed by atoms with Crippen molar-refractivity contribution in [3.63, 3.8) is 0 Å². The summed E-state index contributed by atoms with van der Waals surface area (Å²) < 4.78 is 0. The Kier molecular flexibility index (Phi) is 2.53. The molecule has 0 saturated heterocycles. The van der Waals surface area contributed by atoms with E-state index in [0.29, 0.717) is 18.2 Å². The lowest BCUT2D eigenvalue weighted by Gasteiger charge is -2.00. The van der Waals surface area contributed by atoms with Crippen LogP contribution in [0.5, 0.6) is 0 Å². The van der Waals surface area contributed by atoms with E-state index in [4.69, 9.17) is 5.73 Å². The van der Waals surface area contributed by atoms with Crippen LogP contribution < -0.4 is 11.1 Å². The average molecular weight is 240 g/mol. The Morgan fingerprint density at radius 3 is 3.06 bits per heavy atom. The third-order valence-corrected chi connectivity index (χ3v) is 2.57. The molecule has 6 heteroatoms. The van der Waals surface area contributed by atoms with Crippen molar-refractivity contribution in [2.45, 2.75) is 6.54 Å². The van der Waals surface area contributed by atoms with Crippen molar-refractivity contribution < 1.29 is 0 Å². The van der Waals surface area contributed by atoms with Crippen LogP contribution in [0.4, 0.5) is 11.6 Å². The number of rotatable bonds is 3. The van der Waals surface area contributed by atoms with Crippen molar-refractivity contribution in [1.82, 2.24) is 20.2 Å². The molecule has 0 bridgehead atoms. The fourth-order valence-electron chi connectivity index (χ4n) is 1.71. The molecule has 0 spiro atoms. The van der Waals surface area contributed by atoms with Gasteiger partial charge in [0.05, 0.1) is 23.3 Å². The third kappa shape index (κ3) is 2.08. The van der Waals surface area contributed by atoms with Gasteiger partial charge in [-0.25, -0.2) is 4.98 Å². The zero-order valence-electron chi connectivity index (χ0n) is 9.59. The SMILES string of the molecule is Nc1ccc2nc(NCc3cccnn3)[nH]c2c1. The van der Waals surface area contributed by atoms with Crippen LogP contribution in [0.25, 0.3) is 11.0 Å². The molecule has 0 saturated carbocycles. The predicted molar refractivity (Wildman–Crippen MR) is 69.9 cm³/mol. The molecule has 90 valence electrons. The van der Waals surface area contributed by atoms with Gasteiger partial charge in [-0.05, 0) is 30.3 Å². The van der Waals surface area contributed by atoms with E-state index in [1.165, 1.54) is 0 Å². The van der Waals surface area contributed by atoms with Gasteiger partial charge in [-0.1, -0.05) is 0 Å². The third-order valence-electron chi connectivity index (χ3n) is 2.57. The first kappa shape index (κ1) is 10.5. The van der Waals surface area contributed by atoms with Gasteiger partial charge in [0.1, 0.15) is 0 Å². The van der Waals surface area contributed by atoms with Crippen LogP contribution in [-0.2, 0) is 6.54 Å². The summed E-state index contributed by atoms with van der Waals surface area (Å²) in [7, 11) is 0. The second-order valence-corrected chi connectivity index (χ2v) is 3.93. The quantitative estimate of drug-likeness (QED) is 0.604. The minimum absolute atomic E-state index is 0.573. The van der Waals surface area contributed by atoms with Gasteiger partial charge in [0.15, 0.2) is 0 Å². The van der Waals surface area contributed by atoms with Crippen molar-refractivity contribution in [3.8, 4) is 0 Å². The summed E-state index contributed by atoms with van der Waals surface area (Å²) in [6.45, 7) is 0.573. The number of imidazole rings is 1. The first-order valence-corrected chi connectivity index (χ1v) is 5.57. The Morgan fingerprint density at radius 1 is 1.28 bits per heavy atom. The predicted octanol–water partition coefficient (Wildman–Crippen LogP) is 1.55. The molecular weight excluding hydrogens is 228 g/mol. The molecular formula is C12H12N6. The maximum atomic E-state index is 5.71. The average Bonchev–Trinajstić information content (AvgIpc) is 2.79. The van der Waals surface area contributed by atoms with Crippen molar-refractivity contribution in [3.05, 3.63) is 42.2 Å². The minimum atomic E-state index is 0.573. The van der Waals surface area contributed by atoms with Crippen molar-refractivity contribution in [2.75, 3.05) is 11.1 Å². The molecule has 0 amide bonds. The van der Waals surface area contributed by atoms with E-state index in [1.807, 2.05) is 30.3 Å². The Balaban J connectivity index is 1.79. The van der Waals surface area contributed by atoms with Gasteiger partial charge in [0.2, 0.25) is 5.95 Å². The number of nitrogens with two attached hydrogens (primary N) is 1. The summed E-state index contributed by atoms with van der Waals surface area (Å²) in [6, 6.07) is 9.32. The summed E-state index contributed by atoms with van der Waals surface area (Å²) in [5.74, 6) is 0.696. The van der Waals surface area contributed by atoms with Gasteiger partial charge in [0, 0.05) is 11.9 Å². The number of nitrogens with zero attached hydrogens (tertiary/aromatic N) is 3. The van der Waals surface area contributed by atoms with Gasteiger partial charge in [0.25, 0.3) is 0 Å². The highest BCUT2D eigenvalue weighted by molar-refractivity contribution is 5.80. The van der Waals surface area contributed by atoms with Crippen LogP contribution >= 0.6 is 0 Å². The Hall–Kier alpha value is -2.63. The van der Waals surface area contributed by atoms with Crippen molar-refractivity contribution in [1.29, 1.82) is 0 Å². The summed E-state index contributed by atoms with van der Waals surface area (Å²) in [5, 5.41) is 11.0. The molecule has 2 aromatic heterocycles. The lowest BCUT2D eigenvalue weighted by Crippen LogP contribution is -2.03. The zero-order valence-corrected chi connectivity index (χ0v) is 9.59. The molecule has 18 heavy (non-hydrogen) atoms. The van der Waals surface area contributed by atoms with Crippen molar-refractivity contribution in [2.24, 2.45) is 0 Å². The van der Waals surface area contributed by atoms with Crippen LogP contribution in [0, 0.1) is 0 Å². The molecule has 0 aliphatic rings. The maximum Gasteiger partial charge on any atom is 0.201 e. The van der Waals surface area contributed by atoms with Crippen LogP contribution in [0.2, 0.25) is 0 Å². The smallest absolute Gasteiger partial charge is 0.201 e. The highest BCUT2D eigenvalue weighted by Gasteiger charge is 2.02.